The smallest absolute Gasteiger partial charge is 0.271 e. The number of hydrogen-bond acceptors (Lipinski definition) is 7. The third-order valence-electron chi connectivity index (χ3n) is 5.25. The molecule has 0 radical (unpaired) electrons. The molecule has 2 aromatic rings. The van der Waals surface area contributed by atoms with Gasteiger partial charge in [-0.2, -0.15) is 0 Å². The summed E-state index contributed by atoms with van der Waals surface area (Å²) in [7, 11) is 0. The fraction of sp³-hybridized carbons (Fsp3) is 0.500. The second-order valence-electron chi connectivity index (χ2n) is 7.20. The summed E-state index contributed by atoms with van der Waals surface area (Å²) < 4.78 is 1.31. The van der Waals surface area contributed by atoms with E-state index in [0.29, 0.717) is 32.4 Å². The van der Waals surface area contributed by atoms with Gasteiger partial charge >= 0.3 is 0 Å². The highest BCUT2D eigenvalue weighted by Gasteiger charge is 2.35. The summed E-state index contributed by atoms with van der Waals surface area (Å²) in [5, 5.41) is 22.0. The van der Waals surface area contributed by atoms with Crippen LogP contribution in [0.25, 0.3) is 10.9 Å². The fourth-order valence-electron chi connectivity index (χ4n) is 3.40. The maximum absolute atomic E-state index is 12.7. The summed E-state index contributed by atoms with van der Waals surface area (Å²) in [6.45, 7) is 2.61. The van der Waals surface area contributed by atoms with Gasteiger partial charge in [0.15, 0.2) is 0 Å². The van der Waals surface area contributed by atoms with Crippen LogP contribution in [0.2, 0.25) is 0 Å². The number of likely N-dealkylation sites (tertiary alicyclic amines) is 1. The predicted molar refractivity (Wildman–Crippen MR) is 102 cm³/mol. The molecule has 0 bridgehead atoms. The van der Waals surface area contributed by atoms with Crippen LogP contribution in [0.4, 0.5) is 5.69 Å². The average Bonchev–Trinajstić information content (AvgIpc) is 2.69. The van der Waals surface area contributed by atoms with Crippen molar-refractivity contribution < 1.29 is 14.8 Å². The lowest BCUT2D eigenvalue weighted by atomic mass is 9.90. The molecule has 1 aliphatic heterocycles. The molecule has 3 N–H and O–H groups in total. The number of amides is 1. The summed E-state index contributed by atoms with van der Waals surface area (Å²) in [5.41, 5.74) is 4.36. The van der Waals surface area contributed by atoms with E-state index in [1.54, 1.807) is 4.90 Å². The van der Waals surface area contributed by atoms with E-state index in [-0.39, 0.29) is 34.6 Å². The Morgan fingerprint density at radius 2 is 2.11 bits per heavy atom. The standard InChI is InChI=1S/C18H23N5O5/c1-2-14(19)17(25)21-7-5-18(26,6-8-21)10-22-11-20-15-9-12(23(27)28)3-4-13(15)16(22)24/h3-4,9,11,14,26H,2,5-8,10,19H2,1H3. The van der Waals surface area contributed by atoms with Crippen molar-refractivity contribution in [1.82, 2.24) is 14.5 Å². The van der Waals surface area contributed by atoms with E-state index in [1.807, 2.05) is 6.92 Å². The van der Waals surface area contributed by atoms with Crippen LogP contribution in [0.5, 0.6) is 0 Å². The second kappa shape index (κ2) is 7.64. The molecule has 1 atom stereocenters. The quantitative estimate of drug-likeness (QED) is 0.556. The van der Waals surface area contributed by atoms with Crippen LogP contribution in [0.1, 0.15) is 26.2 Å². The van der Waals surface area contributed by atoms with Gasteiger partial charge in [-0.3, -0.25) is 24.3 Å². The summed E-state index contributed by atoms with van der Waals surface area (Å²) in [6, 6.07) is 3.33. The number of nitro groups is 1. The maximum atomic E-state index is 12.7. The molecular weight excluding hydrogens is 366 g/mol. The highest BCUT2D eigenvalue weighted by Crippen LogP contribution is 2.25. The number of piperidine rings is 1. The Morgan fingerprint density at radius 1 is 1.43 bits per heavy atom. The number of nitrogens with zero attached hydrogens (tertiary/aromatic N) is 4. The zero-order chi connectivity index (χ0) is 20.5. The third-order valence-corrected chi connectivity index (χ3v) is 5.25. The summed E-state index contributed by atoms with van der Waals surface area (Å²) in [6.07, 6.45) is 2.48. The molecule has 150 valence electrons. The van der Waals surface area contributed by atoms with Gasteiger partial charge in [-0.1, -0.05) is 6.92 Å². The Kier molecular flexibility index (Phi) is 5.43. The van der Waals surface area contributed by atoms with Gasteiger partial charge in [0, 0.05) is 25.2 Å². The van der Waals surface area contributed by atoms with Crippen molar-refractivity contribution in [2.45, 2.75) is 44.4 Å². The van der Waals surface area contributed by atoms with Gasteiger partial charge in [-0.15, -0.1) is 0 Å². The molecule has 1 aromatic carbocycles. The number of hydrogen-bond donors (Lipinski definition) is 2. The first kappa shape index (κ1) is 19.9. The van der Waals surface area contributed by atoms with Crippen molar-refractivity contribution in [3.8, 4) is 0 Å². The number of carbonyl (C=O) groups is 1. The van der Waals surface area contributed by atoms with Crippen LogP contribution in [0, 0.1) is 10.1 Å². The van der Waals surface area contributed by atoms with Crippen LogP contribution in [0.3, 0.4) is 0 Å². The molecule has 10 nitrogen and oxygen atoms in total. The number of nitro benzene ring substituents is 1. The molecule has 1 unspecified atom stereocenters. The van der Waals surface area contributed by atoms with Gasteiger partial charge in [0.2, 0.25) is 5.91 Å². The molecule has 1 amide bonds. The number of rotatable bonds is 5. The number of nitrogens with two attached hydrogens (primary N) is 1. The van der Waals surface area contributed by atoms with Crippen molar-refractivity contribution in [2.75, 3.05) is 13.1 Å². The van der Waals surface area contributed by atoms with E-state index in [0.717, 1.165) is 0 Å². The first-order valence-corrected chi connectivity index (χ1v) is 9.14. The molecule has 0 spiro atoms. The van der Waals surface area contributed by atoms with E-state index >= 15 is 0 Å². The zero-order valence-corrected chi connectivity index (χ0v) is 15.6. The lowest BCUT2D eigenvalue weighted by Gasteiger charge is -2.39. The minimum Gasteiger partial charge on any atom is -0.388 e. The van der Waals surface area contributed by atoms with E-state index in [1.165, 1.54) is 29.1 Å². The Balaban J connectivity index is 1.77. The fourth-order valence-corrected chi connectivity index (χ4v) is 3.40. The first-order chi connectivity index (χ1) is 13.2. The summed E-state index contributed by atoms with van der Waals surface area (Å²) in [4.78, 5) is 41.0. The minimum absolute atomic E-state index is 0.0353. The lowest BCUT2D eigenvalue weighted by Crippen LogP contribution is -2.53. The molecule has 3 rings (SSSR count). The Hall–Kier alpha value is -2.85. The SMILES string of the molecule is CCC(N)C(=O)N1CCC(O)(Cn2cnc3cc([N+](=O)[O-])ccc3c2=O)CC1. The molecule has 1 fully saturated rings. The van der Waals surface area contributed by atoms with Crippen LogP contribution in [-0.2, 0) is 11.3 Å². The Bertz CT molecular complexity index is 964. The van der Waals surface area contributed by atoms with Crippen LogP contribution in [-0.4, -0.2) is 55.1 Å². The number of non-ortho nitro benzene ring substituents is 1. The van der Waals surface area contributed by atoms with Crippen molar-refractivity contribution >= 4 is 22.5 Å². The predicted octanol–water partition coefficient (Wildman–Crippen LogP) is 0.395. The molecular formula is C18H23N5O5. The highest BCUT2D eigenvalue weighted by atomic mass is 16.6. The van der Waals surface area contributed by atoms with Gasteiger partial charge in [-0.05, 0) is 25.3 Å². The van der Waals surface area contributed by atoms with Gasteiger partial charge < -0.3 is 15.7 Å². The number of aliphatic hydroxyl groups is 1. The van der Waals surface area contributed by atoms with Crippen molar-refractivity contribution in [1.29, 1.82) is 0 Å². The zero-order valence-electron chi connectivity index (χ0n) is 15.6. The van der Waals surface area contributed by atoms with Gasteiger partial charge in [-0.25, -0.2) is 4.98 Å². The Morgan fingerprint density at radius 3 is 2.71 bits per heavy atom. The number of carbonyl (C=O) groups excluding carboxylic acids is 1. The molecule has 1 aromatic heterocycles. The Labute approximate surface area is 160 Å². The van der Waals surface area contributed by atoms with E-state index in [4.69, 9.17) is 5.73 Å². The largest absolute Gasteiger partial charge is 0.388 e. The second-order valence-corrected chi connectivity index (χ2v) is 7.20. The average molecular weight is 389 g/mol. The number of benzene rings is 1. The molecule has 28 heavy (non-hydrogen) atoms. The lowest BCUT2D eigenvalue weighted by molar-refractivity contribution is -0.384. The van der Waals surface area contributed by atoms with Crippen molar-refractivity contribution in [2.24, 2.45) is 5.73 Å². The monoisotopic (exact) mass is 389 g/mol. The number of fused-ring (bicyclic) bond motifs is 1. The maximum Gasteiger partial charge on any atom is 0.271 e. The highest BCUT2D eigenvalue weighted by molar-refractivity contribution is 5.81. The normalized spacial score (nSPS) is 17.5. The molecule has 10 heteroatoms. The van der Waals surface area contributed by atoms with E-state index in [2.05, 4.69) is 4.98 Å². The van der Waals surface area contributed by atoms with Crippen molar-refractivity contribution in [3.63, 3.8) is 0 Å². The summed E-state index contributed by atoms with van der Waals surface area (Å²) >= 11 is 0. The molecule has 2 heterocycles. The van der Waals surface area contributed by atoms with Crippen LogP contribution < -0.4 is 11.3 Å². The first-order valence-electron chi connectivity index (χ1n) is 9.14. The number of aromatic nitrogens is 2. The van der Waals surface area contributed by atoms with Crippen LogP contribution >= 0.6 is 0 Å². The van der Waals surface area contributed by atoms with E-state index < -0.39 is 16.6 Å². The third kappa shape index (κ3) is 3.87. The minimum atomic E-state index is -1.15. The molecule has 0 aliphatic carbocycles. The van der Waals surface area contributed by atoms with Crippen LogP contribution in [0.15, 0.2) is 29.3 Å². The molecule has 1 aliphatic rings. The van der Waals surface area contributed by atoms with Gasteiger partial charge in [0.1, 0.15) is 0 Å². The topological polar surface area (TPSA) is 145 Å². The van der Waals surface area contributed by atoms with Gasteiger partial charge in [0.25, 0.3) is 11.2 Å². The van der Waals surface area contributed by atoms with Crippen molar-refractivity contribution in [3.05, 3.63) is 45.0 Å². The molecule has 0 saturated carbocycles. The molecule has 1 saturated heterocycles. The van der Waals surface area contributed by atoms with Gasteiger partial charge in [0.05, 0.1) is 40.3 Å². The van der Waals surface area contributed by atoms with E-state index in [9.17, 15) is 24.8 Å². The summed E-state index contributed by atoms with van der Waals surface area (Å²) in [5.74, 6) is -0.129.